The Kier molecular flexibility index (Phi) is 5.52. The van der Waals surface area contributed by atoms with Gasteiger partial charge in [-0.1, -0.05) is 18.2 Å². The number of para-hydroxylation sites is 1. The van der Waals surface area contributed by atoms with Crippen molar-refractivity contribution in [1.29, 1.82) is 0 Å². The highest BCUT2D eigenvalue weighted by Crippen LogP contribution is 2.34. The van der Waals surface area contributed by atoms with Gasteiger partial charge in [-0.2, -0.15) is 0 Å². The summed E-state index contributed by atoms with van der Waals surface area (Å²) < 4.78 is 11.4. The summed E-state index contributed by atoms with van der Waals surface area (Å²) in [5.74, 6) is 1.40. The van der Waals surface area contributed by atoms with Crippen LogP contribution in [-0.4, -0.2) is 54.0 Å². The van der Waals surface area contributed by atoms with Crippen LogP contribution < -0.4 is 9.47 Å². The van der Waals surface area contributed by atoms with Crippen molar-refractivity contribution in [2.45, 2.75) is 32.4 Å². The second kappa shape index (κ2) is 8.22. The zero-order valence-corrected chi connectivity index (χ0v) is 16.7. The molecule has 4 rings (SSSR count). The second-order valence-corrected chi connectivity index (χ2v) is 7.88. The van der Waals surface area contributed by atoms with Crippen molar-refractivity contribution in [1.82, 2.24) is 9.80 Å². The van der Waals surface area contributed by atoms with E-state index < -0.39 is 6.04 Å². The molecular formula is C21H24N2O4S. The monoisotopic (exact) mass is 400 g/mol. The van der Waals surface area contributed by atoms with E-state index in [1.54, 1.807) is 9.80 Å². The van der Waals surface area contributed by atoms with Crippen LogP contribution in [0.3, 0.4) is 0 Å². The van der Waals surface area contributed by atoms with Gasteiger partial charge in [-0.25, -0.2) is 0 Å². The number of carbonyl (C=O) groups excluding carboxylic acids is 2. The molecule has 2 aromatic rings. The third-order valence-electron chi connectivity index (χ3n) is 5.23. The minimum atomic E-state index is -0.397. The number of thiophene rings is 1. The van der Waals surface area contributed by atoms with Crippen molar-refractivity contribution >= 4 is 23.2 Å². The van der Waals surface area contributed by atoms with Gasteiger partial charge in [0.15, 0.2) is 11.5 Å². The molecule has 2 amide bonds. The molecule has 0 saturated carbocycles. The van der Waals surface area contributed by atoms with Crippen molar-refractivity contribution in [3.63, 3.8) is 0 Å². The number of nitrogens with zero attached hydrogens (tertiary/aromatic N) is 2. The number of hydrogen-bond acceptors (Lipinski definition) is 5. The van der Waals surface area contributed by atoms with E-state index in [0.29, 0.717) is 44.1 Å². The first-order chi connectivity index (χ1) is 13.7. The Labute approximate surface area is 168 Å². The van der Waals surface area contributed by atoms with Gasteiger partial charge in [0, 0.05) is 25.2 Å². The average Bonchev–Trinajstić information content (AvgIpc) is 3.43. The summed E-state index contributed by atoms with van der Waals surface area (Å²) in [5.41, 5.74) is 0.932. The van der Waals surface area contributed by atoms with Gasteiger partial charge in [-0.15, -0.1) is 11.3 Å². The number of likely N-dealkylation sites (tertiary alicyclic amines) is 1. The van der Waals surface area contributed by atoms with Crippen LogP contribution in [0.15, 0.2) is 35.7 Å². The molecule has 1 aromatic heterocycles. The highest BCUT2D eigenvalue weighted by atomic mass is 32.1. The smallest absolute Gasteiger partial charge is 0.264 e. The van der Waals surface area contributed by atoms with Crippen molar-refractivity contribution in [3.8, 4) is 11.5 Å². The van der Waals surface area contributed by atoms with Crippen LogP contribution in [0.4, 0.5) is 0 Å². The molecule has 0 unspecified atom stereocenters. The van der Waals surface area contributed by atoms with Crippen LogP contribution in [0.2, 0.25) is 0 Å². The van der Waals surface area contributed by atoms with E-state index in [1.807, 2.05) is 42.6 Å². The maximum Gasteiger partial charge on any atom is 0.264 e. The van der Waals surface area contributed by atoms with Crippen LogP contribution in [0.1, 0.15) is 35.0 Å². The van der Waals surface area contributed by atoms with Gasteiger partial charge in [-0.3, -0.25) is 9.59 Å². The fourth-order valence-corrected chi connectivity index (χ4v) is 4.51. The molecule has 1 aromatic carbocycles. The van der Waals surface area contributed by atoms with Gasteiger partial charge in [0.25, 0.3) is 5.91 Å². The van der Waals surface area contributed by atoms with Gasteiger partial charge in [0.05, 0.1) is 4.88 Å². The van der Waals surface area contributed by atoms with Crippen molar-refractivity contribution in [2.24, 2.45) is 0 Å². The lowest BCUT2D eigenvalue weighted by Gasteiger charge is -2.30. The van der Waals surface area contributed by atoms with E-state index in [-0.39, 0.29) is 11.8 Å². The fraction of sp³-hybridized carbons (Fsp3) is 0.429. The third kappa shape index (κ3) is 3.58. The van der Waals surface area contributed by atoms with Crippen LogP contribution in [0.5, 0.6) is 11.5 Å². The molecule has 2 aliphatic rings. The minimum absolute atomic E-state index is 0.000706. The molecular weight excluding hydrogens is 376 g/mol. The van der Waals surface area contributed by atoms with Crippen LogP contribution in [0.25, 0.3) is 0 Å². The Morgan fingerprint density at radius 3 is 2.86 bits per heavy atom. The molecule has 0 N–H and O–H groups in total. The number of fused-ring (bicyclic) bond motifs is 1. The fourth-order valence-electron chi connectivity index (χ4n) is 3.83. The highest BCUT2D eigenvalue weighted by molar-refractivity contribution is 7.12. The second-order valence-electron chi connectivity index (χ2n) is 6.93. The largest absolute Gasteiger partial charge is 0.486 e. The average molecular weight is 401 g/mol. The summed E-state index contributed by atoms with van der Waals surface area (Å²) in [6.07, 6.45) is 1.56. The van der Waals surface area contributed by atoms with Gasteiger partial charge < -0.3 is 19.3 Å². The first-order valence-electron chi connectivity index (χ1n) is 9.69. The topological polar surface area (TPSA) is 59.1 Å². The number of ether oxygens (including phenoxy) is 2. The Morgan fingerprint density at radius 1 is 1.21 bits per heavy atom. The number of likely N-dealkylation sites (N-methyl/N-ethyl adjacent to an activating group) is 1. The van der Waals surface area contributed by atoms with E-state index in [9.17, 15) is 9.59 Å². The van der Waals surface area contributed by atoms with Crippen LogP contribution >= 0.6 is 11.3 Å². The molecule has 1 atom stereocenters. The summed E-state index contributed by atoms with van der Waals surface area (Å²) in [7, 11) is 0. The first-order valence-corrected chi connectivity index (χ1v) is 10.6. The SMILES string of the molecule is CCN(Cc1cccc2c1OCCO2)C(=O)[C@@H]1CCCN1C(=O)c1cccs1. The Bertz CT molecular complexity index is 852. The molecule has 1 fully saturated rings. The van der Waals surface area contributed by atoms with Crippen LogP contribution in [0, 0.1) is 0 Å². The molecule has 1 saturated heterocycles. The summed E-state index contributed by atoms with van der Waals surface area (Å²) in [6, 6.07) is 9.05. The van der Waals surface area contributed by atoms with E-state index in [4.69, 9.17) is 9.47 Å². The predicted molar refractivity (Wildman–Crippen MR) is 107 cm³/mol. The molecule has 2 aliphatic heterocycles. The van der Waals surface area contributed by atoms with E-state index >= 15 is 0 Å². The Balaban J connectivity index is 1.52. The summed E-state index contributed by atoms with van der Waals surface area (Å²) in [5, 5.41) is 1.89. The van der Waals surface area contributed by atoms with E-state index in [1.165, 1.54) is 11.3 Å². The highest BCUT2D eigenvalue weighted by Gasteiger charge is 2.37. The number of benzene rings is 1. The predicted octanol–water partition coefficient (Wildman–Crippen LogP) is 3.17. The zero-order valence-electron chi connectivity index (χ0n) is 15.9. The quantitative estimate of drug-likeness (QED) is 0.774. The molecule has 0 spiro atoms. The molecule has 148 valence electrons. The standard InChI is InChI=1S/C21H24N2O4S/c1-2-22(14-15-6-3-8-17-19(15)27-12-11-26-17)20(24)16-7-4-10-23(16)21(25)18-9-5-13-28-18/h3,5-6,8-9,13,16H,2,4,7,10-12,14H2,1H3/t16-/m0/s1. The van der Waals surface area contributed by atoms with Gasteiger partial charge in [0.1, 0.15) is 19.3 Å². The van der Waals surface area contributed by atoms with Crippen molar-refractivity contribution in [2.75, 3.05) is 26.3 Å². The van der Waals surface area contributed by atoms with E-state index in [2.05, 4.69) is 0 Å². The van der Waals surface area contributed by atoms with Crippen molar-refractivity contribution in [3.05, 3.63) is 46.2 Å². The summed E-state index contributed by atoms with van der Waals surface area (Å²) in [6.45, 7) is 4.65. The number of carbonyl (C=O) groups is 2. The molecule has 3 heterocycles. The van der Waals surface area contributed by atoms with Gasteiger partial charge in [0.2, 0.25) is 5.91 Å². The lowest BCUT2D eigenvalue weighted by molar-refractivity contribution is -0.135. The zero-order chi connectivity index (χ0) is 19.5. The maximum atomic E-state index is 13.3. The van der Waals surface area contributed by atoms with Crippen molar-refractivity contribution < 1.29 is 19.1 Å². The first kappa shape index (κ1) is 18.8. The van der Waals surface area contributed by atoms with E-state index in [0.717, 1.165) is 23.5 Å². The maximum absolute atomic E-state index is 13.3. The normalized spacial score (nSPS) is 18.2. The molecule has 7 heteroatoms. The summed E-state index contributed by atoms with van der Waals surface area (Å²) in [4.78, 5) is 30.3. The molecule has 0 radical (unpaired) electrons. The Hall–Kier alpha value is -2.54. The summed E-state index contributed by atoms with van der Waals surface area (Å²) >= 11 is 1.42. The molecule has 0 bridgehead atoms. The lowest BCUT2D eigenvalue weighted by Crippen LogP contribution is -2.47. The third-order valence-corrected chi connectivity index (χ3v) is 6.09. The number of rotatable bonds is 5. The minimum Gasteiger partial charge on any atom is -0.486 e. The number of amides is 2. The molecule has 6 nitrogen and oxygen atoms in total. The van der Waals surface area contributed by atoms with Gasteiger partial charge in [-0.05, 0) is 37.3 Å². The Morgan fingerprint density at radius 2 is 2.07 bits per heavy atom. The molecule has 0 aliphatic carbocycles. The lowest BCUT2D eigenvalue weighted by atomic mass is 10.1. The van der Waals surface area contributed by atoms with Gasteiger partial charge >= 0.3 is 0 Å². The number of hydrogen-bond donors (Lipinski definition) is 0. The van der Waals surface area contributed by atoms with Crippen LogP contribution in [-0.2, 0) is 11.3 Å². The molecule has 28 heavy (non-hydrogen) atoms.